The molecule has 0 aliphatic carbocycles. The summed E-state index contributed by atoms with van der Waals surface area (Å²) in [5.74, 6) is 0. The summed E-state index contributed by atoms with van der Waals surface area (Å²) in [5, 5.41) is 11.3. The van der Waals surface area contributed by atoms with Gasteiger partial charge in [0.2, 0.25) is 0 Å². The molecule has 2 aromatic rings. The molecule has 5 nitrogen and oxygen atoms in total. The van der Waals surface area contributed by atoms with Gasteiger partial charge >= 0.3 is 5.69 Å². The van der Waals surface area contributed by atoms with Crippen molar-refractivity contribution >= 4 is 6.21 Å². The van der Waals surface area contributed by atoms with Gasteiger partial charge in [0.1, 0.15) is 0 Å². The first-order valence-electron chi connectivity index (χ1n) is 4.36. The van der Waals surface area contributed by atoms with Gasteiger partial charge in [0.05, 0.1) is 17.6 Å². The fraction of sp³-hybridized carbons (Fsp3) is 0. The van der Waals surface area contributed by atoms with Crippen LogP contribution in [0.25, 0.3) is 11.3 Å². The quantitative estimate of drug-likeness (QED) is 0.389. The minimum atomic E-state index is -0.330. The van der Waals surface area contributed by atoms with E-state index in [0.717, 1.165) is 5.56 Å². The summed E-state index contributed by atoms with van der Waals surface area (Å²) in [6.45, 7) is 0. The van der Waals surface area contributed by atoms with Crippen LogP contribution in [0, 0.1) is 0 Å². The Bertz CT molecular complexity index is 525. The van der Waals surface area contributed by atoms with E-state index in [1.165, 1.54) is 6.21 Å². The van der Waals surface area contributed by atoms with Crippen molar-refractivity contribution in [2.45, 2.75) is 0 Å². The van der Waals surface area contributed by atoms with E-state index >= 15 is 0 Å². The maximum absolute atomic E-state index is 11.1. The Morgan fingerprint density at radius 3 is 2.60 bits per heavy atom. The number of nitrogens with one attached hydrogen (secondary N) is 2. The number of rotatable bonds is 2. The molecule has 0 saturated heterocycles. The molecule has 0 saturated carbocycles. The highest BCUT2D eigenvalue weighted by atomic mass is 16.4. The number of aromatic nitrogens is 2. The minimum absolute atomic E-state index is 0.330. The van der Waals surface area contributed by atoms with Gasteiger partial charge in [-0.1, -0.05) is 35.5 Å². The Hall–Kier alpha value is -2.30. The van der Waals surface area contributed by atoms with E-state index in [2.05, 4.69) is 15.1 Å². The third kappa shape index (κ3) is 1.80. The highest BCUT2D eigenvalue weighted by Crippen LogP contribution is 2.16. The molecule has 0 aliphatic heterocycles. The van der Waals surface area contributed by atoms with Crippen molar-refractivity contribution in [3.8, 4) is 11.3 Å². The van der Waals surface area contributed by atoms with Crippen LogP contribution < -0.4 is 5.69 Å². The normalized spacial score (nSPS) is 10.9. The molecule has 0 amide bonds. The standard InChI is InChI=1S/C10H9N3O2/c14-10-12-8(6-11-15)9(13-10)7-4-2-1-3-5-7/h1-6,15H,(H2,12,13,14)/b11-6+. The molecule has 76 valence electrons. The molecule has 0 aliphatic rings. The lowest BCUT2D eigenvalue weighted by Crippen LogP contribution is -2.00. The van der Waals surface area contributed by atoms with Crippen LogP contribution in [0.15, 0.2) is 40.3 Å². The summed E-state index contributed by atoms with van der Waals surface area (Å²) in [5.41, 5.74) is 1.58. The number of nitrogens with zero attached hydrogens (tertiary/aromatic N) is 1. The van der Waals surface area contributed by atoms with E-state index in [4.69, 9.17) is 5.21 Å². The van der Waals surface area contributed by atoms with Crippen LogP contribution in [0.5, 0.6) is 0 Å². The number of H-pyrrole nitrogens is 2. The van der Waals surface area contributed by atoms with Crippen LogP contribution in [0.4, 0.5) is 0 Å². The van der Waals surface area contributed by atoms with Crippen molar-refractivity contribution in [1.29, 1.82) is 0 Å². The Labute approximate surface area is 85.1 Å². The molecular formula is C10H9N3O2. The van der Waals surface area contributed by atoms with Crippen LogP contribution in [-0.2, 0) is 0 Å². The molecule has 1 aromatic carbocycles. The Balaban J connectivity index is 2.57. The Morgan fingerprint density at radius 2 is 1.93 bits per heavy atom. The molecule has 0 bridgehead atoms. The monoisotopic (exact) mass is 203 g/mol. The molecule has 0 radical (unpaired) electrons. The lowest BCUT2D eigenvalue weighted by atomic mass is 10.1. The van der Waals surface area contributed by atoms with Gasteiger partial charge in [-0.3, -0.25) is 0 Å². The van der Waals surface area contributed by atoms with Crippen molar-refractivity contribution < 1.29 is 5.21 Å². The average molecular weight is 203 g/mol. The second kappa shape index (κ2) is 3.83. The first-order valence-corrected chi connectivity index (χ1v) is 4.36. The minimum Gasteiger partial charge on any atom is -0.411 e. The summed E-state index contributed by atoms with van der Waals surface area (Å²) >= 11 is 0. The van der Waals surface area contributed by atoms with Gasteiger partial charge in [0.15, 0.2) is 0 Å². The fourth-order valence-electron chi connectivity index (χ4n) is 1.38. The maximum atomic E-state index is 11.1. The topological polar surface area (TPSA) is 81.2 Å². The second-order valence-electron chi connectivity index (χ2n) is 2.98. The largest absolute Gasteiger partial charge is 0.411 e. The molecule has 0 spiro atoms. The van der Waals surface area contributed by atoms with Gasteiger partial charge in [0, 0.05) is 5.56 Å². The van der Waals surface area contributed by atoms with Gasteiger partial charge in [0.25, 0.3) is 0 Å². The summed E-state index contributed by atoms with van der Waals surface area (Å²) in [6.07, 6.45) is 1.18. The van der Waals surface area contributed by atoms with Crippen molar-refractivity contribution in [1.82, 2.24) is 9.97 Å². The molecule has 0 fully saturated rings. The SMILES string of the molecule is O=c1[nH]c(/C=N/O)c(-c2ccccc2)[nH]1. The zero-order chi connectivity index (χ0) is 10.7. The van der Waals surface area contributed by atoms with Gasteiger partial charge in [-0.05, 0) is 0 Å². The number of hydrogen-bond acceptors (Lipinski definition) is 3. The van der Waals surface area contributed by atoms with E-state index in [1.54, 1.807) is 0 Å². The van der Waals surface area contributed by atoms with Crippen molar-refractivity contribution in [3.63, 3.8) is 0 Å². The maximum Gasteiger partial charge on any atom is 0.323 e. The van der Waals surface area contributed by atoms with Gasteiger partial charge < -0.3 is 15.2 Å². The lowest BCUT2D eigenvalue weighted by molar-refractivity contribution is 0.321. The Morgan fingerprint density at radius 1 is 1.20 bits per heavy atom. The predicted molar refractivity (Wildman–Crippen MR) is 56.2 cm³/mol. The highest BCUT2D eigenvalue weighted by Gasteiger charge is 2.06. The third-order valence-corrected chi connectivity index (χ3v) is 2.01. The van der Waals surface area contributed by atoms with Crippen molar-refractivity contribution in [2.24, 2.45) is 5.16 Å². The average Bonchev–Trinajstić information content (AvgIpc) is 2.62. The van der Waals surface area contributed by atoms with Crippen LogP contribution in [0.3, 0.4) is 0 Å². The summed E-state index contributed by atoms with van der Waals surface area (Å²) in [7, 11) is 0. The smallest absolute Gasteiger partial charge is 0.323 e. The van der Waals surface area contributed by atoms with Crippen LogP contribution >= 0.6 is 0 Å². The predicted octanol–water partition coefficient (Wildman–Crippen LogP) is 1.18. The zero-order valence-electron chi connectivity index (χ0n) is 7.77. The first-order chi connectivity index (χ1) is 7.31. The molecule has 3 N–H and O–H groups in total. The molecule has 1 aromatic heterocycles. The van der Waals surface area contributed by atoms with Gasteiger partial charge in [-0.15, -0.1) is 0 Å². The van der Waals surface area contributed by atoms with E-state index < -0.39 is 0 Å². The van der Waals surface area contributed by atoms with E-state index in [0.29, 0.717) is 11.4 Å². The number of aromatic amines is 2. The van der Waals surface area contributed by atoms with Gasteiger partial charge in [-0.25, -0.2) is 4.79 Å². The van der Waals surface area contributed by atoms with E-state index in [1.807, 2.05) is 30.3 Å². The summed E-state index contributed by atoms with van der Waals surface area (Å²) < 4.78 is 0. The second-order valence-corrected chi connectivity index (χ2v) is 2.98. The van der Waals surface area contributed by atoms with Crippen molar-refractivity contribution in [2.75, 3.05) is 0 Å². The highest BCUT2D eigenvalue weighted by molar-refractivity contribution is 5.86. The first kappa shape index (κ1) is 9.26. The number of benzene rings is 1. The molecule has 2 rings (SSSR count). The Kier molecular flexibility index (Phi) is 2.37. The van der Waals surface area contributed by atoms with Crippen LogP contribution in [0.2, 0.25) is 0 Å². The molecule has 5 heteroatoms. The summed E-state index contributed by atoms with van der Waals surface area (Å²) in [6, 6.07) is 9.32. The van der Waals surface area contributed by atoms with Crippen LogP contribution in [0.1, 0.15) is 5.69 Å². The number of imidazole rings is 1. The van der Waals surface area contributed by atoms with E-state index in [9.17, 15) is 4.79 Å². The molecule has 0 unspecified atom stereocenters. The van der Waals surface area contributed by atoms with Crippen molar-refractivity contribution in [3.05, 3.63) is 46.5 Å². The fourth-order valence-corrected chi connectivity index (χ4v) is 1.38. The number of oxime groups is 1. The molecule has 15 heavy (non-hydrogen) atoms. The molecular weight excluding hydrogens is 194 g/mol. The third-order valence-electron chi connectivity index (χ3n) is 2.01. The summed E-state index contributed by atoms with van der Waals surface area (Å²) in [4.78, 5) is 16.3. The number of hydrogen-bond donors (Lipinski definition) is 3. The molecule has 0 atom stereocenters. The van der Waals surface area contributed by atoms with Crippen LogP contribution in [-0.4, -0.2) is 21.4 Å². The molecule has 1 heterocycles. The van der Waals surface area contributed by atoms with Gasteiger partial charge in [-0.2, -0.15) is 0 Å². The van der Waals surface area contributed by atoms with E-state index in [-0.39, 0.29) is 5.69 Å². The lowest BCUT2D eigenvalue weighted by Gasteiger charge is -1.97. The zero-order valence-corrected chi connectivity index (χ0v) is 7.77.